The van der Waals surface area contributed by atoms with Crippen LogP contribution in [0.2, 0.25) is 18.1 Å². The molecular weight excluding hydrogens is 304 g/mol. The van der Waals surface area contributed by atoms with E-state index in [0.29, 0.717) is 0 Å². The minimum absolute atomic E-state index is 0.0362. The highest BCUT2D eigenvalue weighted by Crippen LogP contribution is 2.44. The first-order valence-corrected chi connectivity index (χ1v) is 10.8. The van der Waals surface area contributed by atoms with Crippen LogP contribution in [0.4, 0.5) is 0 Å². The van der Waals surface area contributed by atoms with Crippen molar-refractivity contribution in [3.05, 3.63) is 0 Å². The fourth-order valence-electron chi connectivity index (χ4n) is 2.57. The minimum Gasteiger partial charge on any atom is -0.394 e. The van der Waals surface area contributed by atoms with Gasteiger partial charge in [0.05, 0.1) is 6.61 Å². The molecule has 2 saturated heterocycles. The van der Waals surface area contributed by atoms with Gasteiger partial charge in [0.1, 0.15) is 24.4 Å². The lowest BCUT2D eigenvalue weighted by atomic mass is 10.1. The maximum atomic E-state index is 10.00. The van der Waals surface area contributed by atoms with Gasteiger partial charge in [-0.2, -0.15) is 0 Å². The van der Waals surface area contributed by atoms with E-state index in [1.165, 1.54) is 0 Å². The highest BCUT2D eigenvalue weighted by molar-refractivity contribution is 6.74. The van der Waals surface area contributed by atoms with Gasteiger partial charge in [-0.15, -0.1) is 0 Å². The molecular formula is C15H30O6Si. The lowest BCUT2D eigenvalue weighted by molar-refractivity contribution is -0.228. The Labute approximate surface area is 133 Å². The summed E-state index contributed by atoms with van der Waals surface area (Å²) in [4.78, 5) is 0. The molecule has 2 heterocycles. The quantitative estimate of drug-likeness (QED) is 0.761. The molecule has 7 heteroatoms. The lowest BCUT2D eigenvalue weighted by Crippen LogP contribution is -2.47. The van der Waals surface area contributed by atoms with Crippen molar-refractivity contribution in [1.29, 1.82) is 0 Å². The van der Waals surface area contributed by atoms with Gasteiger partial charge < -0.3 is 28.8 Å². The van der Waals surface area contributed by atoms with Crippen molar-refractivity contribution in [3.63, 3.8) is 0 Å². The van der Waals surface area contributed by atoms with E-state index in [1.54, 1.807) is 0 Å². The number of aliphatic hydroxyl groups excluding tert-OH is 2. The Bertz CT molecular complexity index is 405. The van der Waals surface area contributed by atoms with E-state index in [9.17, 15) is 10.2 Å². The third-order valence-electron chi connectivity index (χ3n) is 4.83. The molecule has 0 radical (unpaired) electrons. The highest BCUT2D eigenvalue weighted by atomic mass is 28.4. The zero-order valence-corrected chi connectivity index (χ0v) is 15.6. The molecule has 2 aliphatic rings. The molecule has 2 N–H and O–H groups in total. The third kappa shape index (κ3) is 3.40. The summed E-state index contributed by atoms with van der Waals surface area (Å²) in [5.74, 6) is -0.748. The molecule has 2 fully saturated rings. The molecule has 0 bridgehead atoms. The zero-order chi connectivity index (χ0) is 16.9. The van der Waals surface area contributed by atoms with Crippen LogP contribution < -0.4 is 0 Å². The molecule has 5 atom stereocenters. The highest BCUT2D eigenvalue weighted by Gasteiger charge is 2.59. The molecule has 0 spiro atoms. The average molecular weight is 334 g/mol. The fraction of sp³-hybridized carbons (Fsp3) is 1.00. The first kappa shape index (κ1) is 18.3. The van der Waals surface area contributed by atoms with Crippen molar-refractivity contribution in [2.24, 2.45) is 0 Å². The van der Waals surface area contributed by atoms with Crippen molar-refractivity contribution >= 4 is 8.32 Å². The van der Waals surface area contributed by atoms with Crippen molar-refractivity contribution in [2.75, 3.05) is 6.61 Å². The van der Waals surface area contributed by atoms with E-state index in [-0.39, 0.29) is 11.6 Å². The number of fused-ring (bicyclic) bond motifs is 1. The number of ether oxygens (including phenoxy) is 3. The molecule has 22 heavy (non-hydrogen) atoms. The first-order valence-electron chi connectivity index (χ1n) is 7.86. The van der Waals surface area contributed by atoms with Crippen LogP contribution >= 0.6 is 0 Å². The summed E-state index contributed by atoms with van der Waals surface area (Å²) < 4.78 is 24.0. The molecule has 6 nitrogen and oxygen atoms in total. The monoisotopic (exact) mass is 334 g/mol. The van der Waals surface area contributed by atoms with Crippen LogP contribution in [-0.4, -0.2) is 61.6 Å². The van der Waals surface area contributed by atoms with Crippen LogP contribution in [0.5, 0.6) is 0 Å². The van der Waals surface area contributed by atoms with Gasteiger partial charge in [-0.25, -0.2) is 0 Å². The smallest absolute Gasteiger partial charge is 0.195 e. The Balaban J connectivity index is 2.19. The summed E-state index contributed by atoms with van der Waals surface area (Å²) in [6.45, 7) is 14.0. The van der Waals surface area contributed by atoms with E-state index in [4.69, 9.17) is 18.6 Å². The molecule has 0 aliphatic carbocycles. The largest absolute Gasteiger partial charge is 0.394 e. The maximum absolute atomic E-state index is 10.00. The van der Waals surface area contributed by atoms with Crippen LogP contribution in [0.1, 0.15) is 34.6 Å². The van der Waals surface area contributed by atoms with E-state index < -0.39 is 44.8 Å². The van der Waals surface area contributed by atoms with Gasteiger partial charge in [-0.3, -0.25) is 0 Å². The normalized spacial score (nSPS) is 36.4. The fourth-order valence-corrected chi connectivity index (χ4v) is 3.69. The lowest BCUT2D eigenvalue weighted by Gasteiger charge is -2.39. The van der Waals surface area contributed by atoms with Gasteiger partial charge in [0.15, 0.2) is 20.4 Å². The van der Waals surface area contributed by atoms with Gasteiger partial charge in [0.2, 0.25) is 0 Å². The minimum atomic E-state index is -2.06. The Morgan fingerprint density at radius 3 is 2.23 bits per heavy atom. The second kappa shape index (κ2) is 5.80. The number of aliphatic hydroxyl groups is 2. The van der Waals surface area contributed by atoms with Crippen molar-refractivity contribution in [3.8, 4) is 0 Å². The summed E-state index contributed by atoms with van der Waals surface area (Å²) in [6, 6.07) is 0. The molecule has 0 saturated carbocycles. The Kier molecular flexibility index (Phi) is 4.83. The van der Waals surface area contributed by atoms with Crippen molar-refractivity contribution in [2.45, 2.75) is 89.2 Å². The van der Waals surface area contributed by atoms with Gasteiger partial charge >= 0.3 is 0 Å². The SMILES string of the molecule is CC1(C)O[C@H]2[C@@H]([C@H](O)CO)OC(O[Si](C)(C)C(C)(C)C)[C@H]2O1. The summed E-state index contributed by atoms with van der Waals surface area (Å²) in [5.41, 5.74) is 0. The van der Waals surface area contributed by atoms with Crippen LogP contribution in [0.15, 0.2) is 0 Å². The first-order chi connectivity index (χ1) is 9.88. The number of hydrogen-bond donors (Lipinski definition) is 2. The van der Waals surface area contributed by atoms with Crippen molar-refractivity contribution in [1.82, 2.24) is 0 Å². The molecule has 0 amide bonds. The summed E-state index contributed by atoms with van der Waals surface area (Å²) in [6.07, 6.45) is -3.08. The second-order valence-corrected chi connectivity index (χ2v) is 12.9. The molecule has 0 aromatic rings. The number of rotatable bonds is 4. The second-order valence-electron chi connectivity index (χ2n) is 8.16. The molecule has 0 aromatic carbocycles. The molecule has 2 aliphatic heterocycles. The molecule has 130 valence electrons. The van der Waals surface area contributed by atoms with E-state index in [0.717, 1.165) is 0 Å². The van der Waals surface area contributed by atoms with Crippen LogP contribution in [-0.2, 0) is 18.6 Å². The Morgan fingerprint density at radius 1 is 1.18 bits per heavy atom. The van der Waals surface area contributed by atoms with Gasteiger partial charge in [0, 0.05) is 0 Å². The Hall–Kier alpha value is -0.0231. The standard InChI is InChI=1S/C15H30O6Si/c1-14(2,3)22(6,7)21-13-12-11(19-15(4,5)20-12)10(18-13)9(17)8-16/h9-13,16-17H,8H2,1-7H3/t9-,10-,11+,12+,13?/m1/s1. The summed E-state index contributed by atoms with van der Waals surface area (Å²) in [5, 5.41) is 19.3. The maximum Gasteiger partial charge on any atom is 0.195 e. The molecule has 1 unspecified atom stereocenters. The number of hydrogen-bond acceptors (Lipinski definition) is 6. The Morgan fingerprint density at radius 2 is 1.73 bits per heavy atom. The van der Waals surface area contributed by atoms with Crippen molar-refractivity contribution < 1.29 is 28.8 Å². The zero-order valence-electron chi connectivity index (χ0n) is 14.6. The van der Waals surface area contributed by atoms with Gasteiger partial charge in [-0.1, -0.05) is 20.8 Å². The van der Waals surface area contributed by atoms with Crippen LogP contribution in [0, 0.1) is 0 Å². The average Bonchev–Trinajstić information content (AvgIpc) is 2.81. The van der Waals surface area contributed by atoms with Crippen LogP contribution in [0.25, 0.3) is 0 Å². The predicted octanol–water partition coefficient (Wildman–Crippen LogP) is 1.61. The summed E-state index contributed by atoms with van der Waals surface area (Å²) in [7, 11) is -2.06. The third-order valence-corrected chi connectivity index (χ3v) is 9.26. The van der Waals surface area contributed by atoms with Gasteiger partial charge in [0.25, 0.3) is 0 Å². The summed E-state index contributed by atoms with van der Waals surface area (Å²) >= 11 is 0. The van der Waals surface area contributed by atoms with E-state index >= 15 is 0 Å². The molecule has 2 rings (SSSR count). The topological polar surface area (TPSA) is 77.4 Å². The van der Waals surface area contributed by atoms with Crippen LogP contribution in [0.3, 0.4) is 0 Å². The molecule has 0 aromatic heterocycles. The van der Waals surface area contributed by atoms with Gasteiger partial charge in [-0.05, 0) is 32.0 Å². The van der Waals surface area contributed by atoms with E-state index in [2.05, 4.69) is 33.9 Å². The predicted molar refractivity (Wildman–Crippen MR) is 83.9 cm³/mol. The van der Waals surface area contributed by atoms with E-state index in [1.807, 2.05) is 13.8 Å².